The van der Waals surface area contributed by atoms with Gasteiger partial charge in [0.05, 0.1) is 0 Å². The fourth-order valence-corrected chi connectivity index (χ4v) is 3.24. The minimum absolute atomic E-state index is 1.08. The number of para-hydroxylation sites is 2. The zero-order valence-corrected chi connectivity index (χ0v) is 15.1. The highest BCUT2D eigenvalue weighted by Crippen LogP contribution is 2.24. The van der Waals surface area contributed by atoms with Crippen LogP contribution in [-0.2, 0) is 0 Å². The Labute approximate surface area is 159 Å². The molecule has 1 nitrogen and oxygen atoms in total. The Balaban J connectivity index is 0.000000134. The molecule has 0 spiro atoms. The maximum atomic E-state index is 4.10. The minimum Gasteiger partial charge on any atom is -0.355 e. The van der Waals surface area contributed by atoms with E-state index in [0.717, 1.165) is 5.57 Å². The van der Waals surface area contributed by atoms with Crippen LogP contribution in [0, 0.1) is 0 Å². The number of nitrogens with one attached hydrogen (secondary N) is 1. The average molecular weight is 347 g/mol. The predicted molar refractivity (Wildman–Crippen MR) is 117 cm³/mol. The second-order valence-electron chi connectivity index (χ2n) is 6.43. The van der Waals surface area contributed by atoms with Crippen molar-refractivity contribution in [3.63, 3.8) is 0 Å². The van der Waals surface area contributed by atoms with Crippen molar-refractivity contribution < 1.29 is 0 Å². The molecular formula is C26H21N. The molecule has 0 aliphatic rings. The van der Waals surface area contributed by atoms with E-state index < -0.39 is 0 Å². The number of hydrogen-bond acceptors (Lipinski definition) is 0. The number of aromatic amines is 1. The Bertz CT molecular complexity index is 1080. The number of H-pyrrole nitrogens is 1. The molecule has 5 rings (SSSR count). The van der Waals surface area contributed by atoms with E-state index in [2.05, 4.69) is 84.4 Å². The lowest BCUT2D eigenvalue weighted by atomic mass is 10.0. The van der Waals surface area contributed by atoms with Crippen molar-refractivity contribution in [2.24, 2.45) is 0 Å². The van der Waals surface area contributed by atoms with Gasteiger partial charge in [-0.25, -0.2) is 0 Å². The van der Waals surface area contributed by atoms with E-state index in [4.69, 9.17) is 0 Å². The molecule has 0 aliphatic heterocycles. The molecule has 0 saturated carbocycles. The van der Waals surface area contributed by atoms with Gasteiger partial charge in [-0.05, 0) is 28.8 Å². The normalized spacial score (nSPS) is 10.4. The average Bonchev–Trinajstić information content (AvgIpc) is 3.14. The van der Waals surface area contributed by atoms with Crippen LogP contribution in [0.2, 0.25) is 0 Å². The summed E-state index contributed by atoms with van der Waals surface area (Å²) in [5.41, 5.74) is 5.86. The van der Waals surface area contributed by atoms with Gasteiger partial charge in [0, 0.05) is 21.8 Å². The van der Waals surface area contributed by atoms with Crippen LogP contribution in [0.5, 0.6) is 0 Å². The van der Waals surface area contributed by atoms with E-state index >= 15 is 0 Å². The van der Waals surface area contributed by atoms with Crippen LogP contribution in [0.3, 0.4) is 0 Å². The second-order valence-corrected chi connectivity index (χ2v) is 6.43. The van der Waals surface area contributed by atoms with E-state index in [1.165, 1.54) is 32.9 Å². The number of aromatic nitrogens is 1. The smallest absolute Gasteiger partial charge is 0.0464 e. The van der Waals surface area contributed by atoms with Crippen LogP contribution in [0.15, 0.2) is 116 Å². The largest absolute Gasteiger partial charge is 0.355 e. The Hall–Kier alpha value is -3.58. The van der Waals surface area contributed by atoms with E-state index in [1.807, 2.05) is 36.4 Å². The minimum atomic E-state index is 1.08. The van der Waals surface area contributed by atoms with Crippen molar-refractivity contribution in [2.75, 3.05) is 0 Å². The summed E-state index contributed by atoms with van der Waals surface area (Å²) in [5, 5.41) is 2.61. The van der Waals surface area contributed by atoms with Crippen LogP contribution in [0.1, 0.15) is 11.1 Å². The van der Waals surface area contributed by atoms with Gasteiger partial charge in [-0.1, -0.05) is 104 Å². The molecule has 0 bridgehead atoms. The molecule has 130 valence electrons. The summed E-state index contributed by atoms with van der Waals surface area (Å²) >= 11 is 0. The Morgan fingerprint density at radius 3 is 1.30 bits per heavy atom. The molecule has 0 saturated heterocycles. The first-order chi connectivity index (χ1) is 13.3. The van der Waals surface area contributed by atoms with Gasteiger partial charge in [-0.15, -0.1) is 0 Å². The number of rotatable bonds is 2. The maximum absolute atomic E-state index is 4.10. The van der Waals surface area contributed by atoms with Gasteiger partial charge in [-0.3, -0.25) is 0 Å². The highest BCUT2D eigenvalue weighted by Gasteiger charge is 2.00. The highest BCUT2D eigenvalue weighted by atomic mass is 14.7. The monoisotopic (exact) mass is 347 g/mol. The molecule has 1 heteroatoms. The third-order valence-corrected chi connectivity index (χ3v) is 4.66. The standard InChI is InChI=1S/C14H12.C12H9N/c1-12(13-8-4-2-5-9-13)14-10-6-3-7-11-14;1-3-7-11-9(5-1)10-6-2-4-8-12(10)13-11/h2-11H,1H2;1-8,13H. The SMILES string of the molecule is C=C(c1ccccc1)c1ccccc1.c1ccc2c(c1)[nH]c1ccccc12. The van der Waals surface area contributed by atoms with E-state index in [0.29, 0.717) is 0 Å². The molecule has 4 aromatic carbocycles. The molecule has 0 radical (unpaired) electrons. The van der Waals surface area contributed by atoms with Gasteiger partial charge in [0.25, 0.3) is 0 Å². The fraction of sp³-hybridized carbons (Fsp3) is 0. The van der Waals surface area contributed by atoms with Gasteiger partial charge in [0.1, 0.15) is 0 Å². The molecule has 0 aliphatic carbocycles. The summed E-state index contributed by atoms with van der Waals surface area (Å²) in [6.07, 6.45) is 0. The first-order valence-corrected chi connectivity index (χ1v) is 9.08. The Morgan fingerprint density at radius 1 is 0.481 bits per heavy atom. The summed E-state index contributed by atoms with van der Waals surface area (Å²) in [6, 6.07) is 37.2. The molecule has 1 heterocycles. The quantitative estimate of drug-likeness (QED) is 0.351. The highest BCUT2D eigenvalue weighted by molar-refractivity contribution is 6.06. The van der Waals surface area contributed by atoms with Crippen LogP contribution in [0.4, 0.5) is 0 Å². The Morgan fingerprint density at radius 2 is 0.852 bits per heavy atom. The van der Waals surface area contributed by atoms with E-state index in [-0.39, 0.29) is 0 Å². The third kappa shape index (κ3) is 3.68. The topological polar surface area (TPSA) is 15.8 Å². The second kappa shape index (κ2) is 7.76. The summed E-state index contributed by atoms with van der Waals surface area (Å²) < 4.78 is 0. The number of fused-ring (bicyclic) bond motifs is 3. The predicted octanol–water partition coefficient (Wildman–Crippen LogP) is 7.07. The lowest BCUT2D eigenvalue weighted by molar-refractivity contribution is 1.55. The molecule has 0 fully saturated rings. The molecular weight excluding hydrogens is 326 g/mol. The number of benzene rings is 4. The summed E-state index contributed by atoms with van der Waals surface area (Å²) in [7, 11) is 0. The van der Waals surface area contributed by atoms with Crippen molar-refractivity contribution >= 4 is 27.4 Å². The van der Waals surface area contributed by atoms with Crippen LogP contribution in [-0.4, -0.2) is 4.98 Å². The molecule has 5 aromatic rings. The van der Waals surface area contributed by atoms with E-state index in [1.54, 1.807) is 0 Å². The van der Waals surface area contributed by atoms with Crippen molar-refractivity contribution in [3.8, 4) is 0 Å². The van der Waals surface area contributed by atoms with Crippen molar-refractivity contribution in [2.45, 2.75) is 0 Å². The van der Waals surface area contributed by atoms with Gasteiger partial charge in [-0.2, -0.15) is 0 Å². The fourth-order valence-electron chi connectivity index (χ4n) is 3.24. The van der Waals surface area contributed by atoms with Crippen LogP contribution >= 0.6 is 0 Å². The van der Waals surface area contributed by atoms with Gasteiger partial charge >= 0.3 is 0 Å². The first kappa shape index (κ1) is 16.9. The zero-order valence-electron chi connectivity index (χ0n) is 15.1. The lowest BCUT2D eigenvalue weighted by Crippen LogP contribution is -1.84. The van der Waals surface area contributed by atoms with Crippen molar-refractivity contribution in [3.05, 3.63) is 127 Å². The van der Waals surface area contributed by atoms with Crippen LogP contribution < -0.4 is 0 Å². The third-order valence-electron chi connectivity index (χ3n) is 4.66. The summed E-state index contributed by atoms with van der Waals surface area (Å²) in [4.78, 5) is 3.38. The maximum Gasteiger partial charge on any atom is 0.0464 e. The summed E-state index contributed by atoms with van der Waals surface area (Å²) in [5.74, 6) is 0. The zero-order chi connectivity index (χ0) is 18.5. The van der Waals surface area contributed by atoms with Gasteiger partial charge in [0.15, 0.2) is 0 Å². The molecule has 0 atom stereocenters. The molecule has 1 aromatic heterocycles. The molecule has 1 N–H and O–H groups in total. The lowest BCUT2D eigenvalue weighted by Gasteiger charge is -2.04. The molecule has 0 amide bonds. The number of hydrogen-bond donors (Lipinski definition) is 1. The van der Waals surface area contributed by atoms with E-state index in [9.17, 15) is 0 Å². The molecule has 27 heavy (non-hydrogen) atoms. The van der Waals surface area contributed by atoms with Crippen molar-refractivity contribution in [1.29, 1.82) is 0 Å². The Kier molecular flexibility index (Phi) is 4.84. The van der Waals surface area contributed by atoms with Crippen molar-refractivity contribution in [1.82, 2.24) is 4.98 Å². The summed E-state index contributed by atoms with van der Waals surface area (Å²) in [6.45, 7) is 4.10. The van der Waals surface area contributed by atoms with Crippen LogP contribution in [0.25, 0.3) is 27.4 Å². The van der Waals surface area contributed by atoms with Gasteiger partial charge < -0.3 is 4.98 Å². The molecule has 0 unspecified atom stereocenters. The van der Waals surface area contributed by atoms with Gasteiger partial charge in [0.2, 0.25) is 0 Å². The first-order valence-electron chi connectivity index (χ1n) is 9.08.